The quantitative estimate of drug-likeness (QED) is 0.298. The Balaban J connectivity index is 2.69. The van der Waals surface area contributed by atoms with Gasteiger partial charge in [-0.25, -0.2) is 4.79 Å². The number of carbonyl (C=O) groups excluding carboxylic acids is 3. The fourth-order valence-corrected chi connectivity index (χ4v) is 1.30. The molecular weight excluding hydrogens is 264 g/mol. The Morgan fingerprint density at radius 2 is 2.33 bits per heavy atom. The highest BCUT2D eigenvalue weighted by Crippen LogP contribution is 2.10. The van der Waals surface area contributed by atoms with Crippen LogP contribution in [0.4, 0.5) is 5.13 Å². The lowest BCUT2D eigenvalue weighted by Crippen LogP contribution is -2.11. The van der Waals surface area contributed by atoms with Gasteiger partial charge in [-0.15, -0.1) is 0 Å². The number of methoxy groups -OCH3 is 1. The Labute approximate surface area is 105 Å². The second-order valence-corrected chi connectivity index (χ2v) is 3.38. The highest BCUT2D eigenvalue weighted by Gasteiger charge is 2.11. The summed E-state index contributed by atoms with van der Waals surface area (Å²) in [5.41, 5.74) is -0.200. The second-order valence-electron chi connectivity index (χ2n) is 2.63. The second kappa shape index (κ2) is 7.06. The minimum absolute atomic E-state index is 0.00999. The predicted molar refractivity (Wildman–Crippen MR) is 60.2 cm³/mol. The molecule has 1 rings (SSSR count). The first kappa shape index (κ1) is 13.7. The number of hydrogen-bond donors (Lipinski definition) is 1. The molecule has 18 heavy (non-hydrogen) atoms. The van der Waals surface area contributed by atoms with Gasteiger partial charge in [0.05, 0.1) is 7.11 Å². The van der Waals surface area contributed by atoms with Crippen LogP contribution >= 0.6 is 11.5 Å². The number of ether oxygens (including phenoxy) is 1. The maximum Gasteiger partial charge on any atom is 0.346 e. The first-order chi connectivity index (χ1) is 8.71. The fourth-order valence-electron chi connectivity index (χ4n) is 0.765. The van der Waals surface area contributed by atoms with Gasteiger partial charge in [0.15, 0.2) is 17.8 Å². The first-order valence-corrected chi connectivity index (χ1v) is 5.24. The monoisotopic (exact) mass is 272 g/mol. The zero-order chi connectivity index (χ0) is 13.4. The average Bonchev–Trinajstić information content (AvgIpc) is 2.83. The van der Waals surface area contributed by atoms with Crippen molar-refractivity contribution < 1.29 is 24.0 Å². The molecule has 0 saturated heterocycles. The van der Waals surface area contributed by atoms with Crippen molar-refractivity contribution >= 4 is 41.0 Å². The Kier molecular flexibility index (Phi) is 5.38. The fraction of sp³-hybridized carbons (Fsp3) is 0.250. The van der Waals surface area contributed by atoms with E-state index in [1.807, 2.05) is 0 Å². The van der Waals surface area contributed by atoms with E-state index in [1.54, 1.807) is 0 Å². The van der Waals surface area contributed by atoms with Crippen LogP contribution in [0.25, 0.3) is 0 Å². The lowest BCUT2D eigenvalue weighted by molar-refractivity contribution is -0.145. The Morgan fingerprint density at radius 1 is 1.56 bits per heavy atom. The van der Waals surface area contributed by atoms with Gasteiger partial charge in [0, 0.05) is 11.5 Å². The van der Waals surface area contributed by atoms with Crippen molar-refractivity contribution in [3.05, 3.63) is 5.82 Å². The van der Waals surface area contributed by atoms with Crippen LogP contribution in [-0.4, -0.2) is 47.5 Å². The third kappa shape index (κ3) is 3.90. The highest BCUT2D eigenvalue weighted by molar-refractivity contribution is 7.10. The summed E-state index contributed by atoms with van der Waals surface area (Å²) >= 11 is 0.872. The van der Waals surface area contributed by atoms with E-state index in [-0.39, 0.29) is 16.7 Å². The number of carbonyl (C=O) groups is 3. The summed E-state index contributed by atoms with van der Waals surface area (Å²) in [6.45, 7) is -0.433. The van der Waals surface area contributed by atoms with Gasteiger partial charge in [-0.05, 0) is 0 Å². The summed E-state index contributed by atoms with van der Waals surface area (Å²) in [5, 5.41) is 5.87. The maximum absolute atomic E-state index is 10.7. The molecule has 96 valence electrons. The standard InChI is InChI=1S/C8H8N4O5S/c1-16-6(15)3-17-11-5(2-13)7-10-8(9-4-14)18-12-7/h2,4H,3H2,1H3,(H,9,10,12,14). The summed E-state index contributed by atoms with van der Waals surface area (Å²) in [6, 6.07) is 0. The van der Waals surface area contributed by atoms with E-state index in [4.69, 9.17) is 0 Å². The van der Waals surface area contributed by atoms with Crippen LogP contribution in [0.5, 0.6) is 0 Å². The third-order valence-corrected chi connectivity index (χ3v) is 2.17. The summed E-state index contributed by atoms with van der Waals surface area (Å²) in [4.78, 5) is 40.0. The maximum atomic E-state index is 10.7. The van der Waals surface area contributed by atoms with Crippen molar-refractivity contribution in [3.8, 4) is 0 Å². The van der Waals surface area contributed by atoms with Crippen molar-refractivity contribution in [3.63, 3.8) is 0 Å². The topological polar surface area (TPSA) is 120 Å². The van der Waals surface area contributed by atoms with Crippen LogP contribution in [-0.2, 0) is 24.0 Å². The summed E-state index contributed by atoms with van der Waals surface area (Å²) in [6.07, 6.45) is 0.791. The van der Waals surface area contributed by atoms with Crippen molar-refractivity contribution in [2.45, 2.75) is 0 Å². The van der Waals surface area contributed by atoms with Gasteiger partial charge in [0.1, 0.15) is 0 Å². The van der Waals surface area contributed by atoms with Crippen molar-refractivity contribution in [2.75, 3.05) is 19.0 Å². The molecule has 1 N–H and O–H groups in total. The van der Waals surface area contributed by atoms with Crippen molar-refractivity contribution in [1.29, 1.82) is 0 Å². The van der Waals surface area contributed by atoms with Crippen LogP contribution in [0.1, 0.15) is 5.82 Å². The molecule has 1 heterocycles. The molecule has 0 aliphatic rings. The number of aromatic nitrogens is 2. The summed E-state index contributed by atoms with van der Waals surface area (Å²) in [7, 11) is 1.19. The minimum atomic E-state index is -0.640. The molecule has 0 atom stereocenters. The largest absolute Gasteiger partial charge is 0.466 e. The van der Waals surface area contributed by atoms with Gasteiger partial charge in [-0.1, -0.05) is 5.16 Å². The molecule has 1 amide bonds. The number of anilines is 1. The molecule has 0 aliphatic carbocycles. The van der Waals surface area contributed by atoms with E-state index >= 15 is 0 Å². The molecule has 0 radical (unpaired) electrons. The van der Waals surface area contributed by atoms with Gasteiger partial charge in [0.2, 0.25) is 18.1 Å². The van der Waals surface area contributed by atoms with Gasteiger partial charge < -0.3 is 14.9 Å². The first-order valence-electron chi connectivity index (χ1n) is 4.47. The van der Waals surface area contributed by atoms with Gasteiger partial charge in [0.25, 0.3) is 0 Å². The molecule has 0 saturated carbocycles. The number of nitrogens with zero attached hydrogens (tertiary/aromatic N) is 3. The number of hydrogen-bond acceptors (Lipinski definition) is 9. The molecule has 0 aliphatic heterocycles. The molecule has 0 bridgehead atoms. The van der Waals surface area contributed by atoms with Crippen LogP contribution in [0, 0.1) is 0 Å². The zero-order valence-corrected chi connectivity index (χ0v) is 9.97. The number of rotatable bonds is 7. The van der Waals surface area contributed by atoms with Gasteiger partial charge in [-0.3, -0.25) is 9.59 Å². The lowest BCUT2D eigenvalue weighted by Gasteiger charge is -1.97. The summed E-state index contributed by atoms with van der Waals surface area (Å²) < 4.78 is 8.08. The molecule has 10 heteroatoms. The van der Waals surface area contributed by atoms with Crippen molar-refractivity contribution in [1.82, 2.24) is 9.36 Å². The lowest BCUT2D eigenvalue weighted by atomic mass is 10.4. The molecule has 0 spiro atoms. The number of amides is 1. The molecule has 9 nitrogen and oxygen atoms in total. The van der Waals surface area contributed by atoms with Gasteiger partial charge in [-0.2, -0.15) is 9.36 Å². The SMILES string of the molecule is COC(=O)CON=C(C=O)c1nsc(NC=O)n1. The smallest absolute Gasteiger partial charge is 0.346 e. The normalized spacial score (nSPS) is 10.6. The van der Waals surface area contributed by atoms with E-state index in [0.29, 0.717) is 12.7 Å². The number of aldehydes is 1. The molecule has 0 aromatic carbocycles. The van der Waals surface area contributed by atoms with Crippen LogP contribution in [0.15, 0.2) is 5.16 Å². The van der Waals surface area contributed by atoms with Crippen molar-refractivity contribution in [2.24, 2.45) is 5.16 Å². The van der Waals surface area contributed by atoms with E-state index in [0.717, 1.165) is 11.5 Å². The average molecular weight is 272 g/mol. The number of oxime groups is 1. The van der Waals surface area contributed by atoms with E-state index in [2.05, 4.69) is 29.4 Å². The molecule has 0 fully saturated rings. The number of esters is 1. The Bertz CT molecular complexity index is 472. The van der Waals surface area contributed by atoms with E-state index < -0.39 is 12.6 Å². The molecule has 1 aromatic rings. The van der Waals surface area contributed by atoms with Crippen LogP contribution in [0.3, 0.4) is 0 Å². The number of nitrogens with one attached hydrogen (secondary N) is 1. The summed E-state index contributed by atoms with van der Waals surface area (Å²) in [5.74, 6) is -0.650. The zero-order valence-electron chi connectivity index (χ0n) is 9.15. The Morgan fingerprint density at radius 3 is 2.94 bits per heavy atom. The predicted octanol–water partition coefficient (Wildman–Crippen LogP) is -0.801. The molecule has 1 aromatic heterocycles. The van der Waals surface area contributed by atoms with Crippen LogP contribution in [0.2, 0.25) is 0 Å². The van der Waals surface area contributed by atoms with E-state index in [1.165, 1.54) is 7.11 Å². The highest BCUT2D eigenvalue weighted by atomic mass is 32.1. The minimum Gasteiger partial charge on any atom is -0.466 e. The molecule has 0 unspecified atom stereocenters. The van der Waals surface area contributed by atoms with Gasteiger partial charge >= 0.3 is 5.97 Å². The Hall–Kier alpha value is -2.36. The van der Waals surface area contributed by atoms with Crippen LogP contribution < -0.4 is 5.32 Å². The molecular formula is C8H8N4O5S. The third-order valence-electron chi connectivity index (χ3n) is 1.52. The van der Waals surface area contributed by atoms with E-state index in [9.17, 15) is 14.4 Å².